The quantitative estimate of drug-likeness (QED) is 0.386. The van der Waals surface area contributed by atoms with Crippen molar-refractivity contribution in [3.05, 3.63) is 65.2 Å². The van der Waals surface area contributed by atoms with Crippen LogP contribution in [0.5, 0.6) is 11.5 Å². The summed E-state index contributed by atoms with van der Waals surface area (Å²) < 4.78 is 11.2. The third-order valence-corrected chi connectivity index (χ3v) is 5.26. The van der Waals surface area contributed by atoms with Gasteiger partial charge >= 0.3 is 0 Å². The van der Waals surface area contributed by atoms with E-state index in [-0.39, 0.29) is 17.4 Å². The highest BCUT2D eigenvalue weighted by Crippen LogP contribution is 2.42. The minimum Gasteiger partial charge on any atom is -0.507 e. The van der Waals surface area contributed by atoms with Gasteiger partial charge in [-0.25, -0.2) is 0 Å². The summed E-state index contributed by atoms with van der Waals surface area (Å²) in [5.41, 5.74) is 1.14. The fourth-order valence-corrected chi connectivity index (χ4v) is 3.75. The summed E-state index contributed by atoms with van der Waals surface area (Å²) in [5, 5.41) is 11.2. The van der Waals surface area contributed by atoms with Crippen molar-refractivity contribution in [3.8, 4) is 11.5 Å². The van der Waals surface area contributed by atoms with Crippen LogP contribution in [0.1, 0.15) is 31.0 Å². The monoisotopic (exact) mass is 438 g/mol. The zero-order valence-corrected chi connectivity index (χ0v) is 19.2. The minimum atomic E-state index is -0.752. The maximum Gasteiger partial charge on any atom is 0.295 e. The van der Waals surface area contributed by atoms with E-state index >= 15 is 0 Å². The first kappa shape index (κ1) is 23.3. The van der Waals surface area contributed by atoms with Gasteiger partial charge in [0, 0.05) is 24.2 Å². The highest BCUT2D eigenvalue weighted by Gasteiger charge is 2.46. The van der Waals surface area contributed by atoms with Gasteiger partial charge in [0.25, 0.3) is 11.7 Å². The number of Topliss-reactive ketones (excluding diaryl/α,β-unsaturated/α-hetero) is 1. The largest absolute Gasteiger partial charge is 0.507 e. The van der Waals surface area contributed by atoms with Crippen molar-refractivity contribution in [1.82, 2.24) is 9.80 Å². The Balaban J connectivity index is 2.12. The molecule has 3 rings (SSSR count). The van der Waals surface area contributed by atoms with E-state index in [1.807, 2.05) is 51.0 Å². The Morgan fingerprint density at radius 2 is 1.75 bits per heavy atom. The van der Waals surface area contributed by atoms with Crippen molar-refractivity contribution >= 4 is 17.4 Å². The molecule has 7 nitrogen and oxygen atoms in total. The molecule has 1 atom stereocenters. The number of para-hydroxylation sites is 1. The molecule has 1 amide bonds. The van der Waals surface area contributed by atoms with Crippen LogP contribution in [0.2, 0.25) is 0 Å². The molecule has 2 aromatic rings. The van der Waals surface area contributed by atoms with Gasteiger partial charge in [-0.15, -0.1) is 0 Å². The van der Waals surface area contributed by atoms with Crippen molar-refractivity contribution in [3.63, 3.8) is 0 Å². The number of aliphatic hydroxyl groups is 1. The van der Waals surface area contributed by atoms with Gasteiger partial charge in [0.05, 0.1) is 24.8 Å². The number of hydrogen-bond acceptors (Lipinski definition) is 6. The van der Waals surface area contributed by atoms with Gasteiger partial charge in [-0.1, -0.05) is 18.2 Å². The van der Waals surface area contributed by atoms with E-state index in [2.05, 4.69) is 0 Å². The third kappa shape index (κ3) is 4.78. The van der Waals surface area contributed by atoms with Crippen LogP contribution in [0.15, 0.2) is 54.1 Å². The van der Waals surface area contributed by atoms with E-state index in [9.17, 15) is 14.7 Å². The number of ketones is 1. The summed E-state index contributed by atoms with van der Waals surface area (Å²) in [6.07, 6.45) is 0.0158. The number of likely N-dealkylation sites (N-methyl/N-ethyl adjacent to an activating group) is 1. The fourth-order valence-electron chi connectivity index (χ4n) is 3.75. The van der Waals surface area contributed by atoms with Gasteiger partial charge in [0.15, 0.2) is 0 Å². The second kappa shape index (κ2) is 9.87. The summed E-state index contributed by atoms with van der Waals surface area (Å²) in [5.74, 6) is -0.364. The second-order valence-corrected chi connectivity index (χ2v) is 8.23. The smallest absolute Gasteiger partial charge is 0.295 e. The van der Waals surface area contributed by atoms with E-state index in [4.69, 9.17) is 9.47 Å². The summed E-state index contributed by atoms with van der Waals surface area (Å²) in [4.78, 5) is 29.5. The predicted octanol–water partition coefficient (Wildman–Crippen LogP) is 3.47. The Morgan fingerprint density at radius 1 is 1.09 bits per heavy atom. The lowest BCUT2D eigenvalue weighted by atomic mass is 9.94. The van der Waals surface area contributed by atoms with Crippen LogP contribution in [0, 0.1) is 0 Å². The maximum atomic E-state index is 13.1. The summed E-state index contributed by atoms with van der Waals surface area (Å²) >= 11 is 0. The van der Waals surface area contributed by atoms with Gasteiger partial charge in [-0.2, -0.15) is 0 Å². The highest BCUT2D eigenvalue weighted by atomic mass is 16.5. The standard InChI is InChI=1S/C25H30N2O5/c1-16(2)32-18-12-10-17(11-13-18)23(28)21-22(19-8-6-7-9-20(19)31-5)27(15-14-26(3)4)25(30)24(21)29/h6-13,16,22,28H,14-15H2,1-5H3/t22-/m0/s1. The van der Waals surface area contributed by atoms with Crippen LogP contribution in [0.3, 0.4) is 0 Å². The molecule has 1 saturated heterocycles. The van der Waals surface area contributed by atoms with Crippen molar-refractivity contribution in [2.24, 2.45) is 0 Å². The number of methoxy groups -OCH3 is 1. The first-order chi connectivity index (χ1) is 15.2. The average Bonchev–Trinajstić information content (AvgIpc) is 3.01. The molecule has 170 valence electrons. The van der Waals surface area contributed by atoms with Crippen molar-refractivity contribution < 1.29 is 24.2 Å². The number of hydrogen-bond donors (Lipinski definition) is 1. The molecule has 0 unspecified atom stereocenters. The number of rotatable bonds is 8. The Labute approximate surface area is 188 Å². The molecular weight excluding hydrogens is 408 g/mol. The van der Waals surface area contributed by atoms with E-state index in [0.717, 1.165) is 0 Å². The van der Waals surface area contributed by atoms with Gasteiger partial charge in [-0.05, 0) is 58.3 Å². The minimum absolute atomic E-state index is 0.0158. The molecule has 2 aromatic carbocycles. The second-order valence-electron chi connectivity index (χ2n) is 8.23. The topological polar surface area (TPSA) is 79.3 Å². The van der Waals surface area contributed by atoms with Crippen LogP contribution in [-0.4, -0.2) is 67.0 Å². The Kier molecular flexibility index (Phi) is 7.20. The van der Waals surface area contributed by atoms with Gasteiger partial charge < -0.3 is 24.4 Å². The molecule has 1 N–H and O–H groups in total. The molecule has 7 heteroatoms. The summed E-state index contributed by atoms with van der Waals surface area (Å²) in [6, 6.07) is 13.3. The molecule has 1 fully saturated rings. The molecule has 0 spiro atoms. The molecule has 32 heavy (non-hydrogen) atoms. The average molecular weight is 439 g/mol. The van der Waals surface area contributed by atoms with Gasteiger partial charge in [0.2, 0.25) is 0 Å². The van der Waals surface area contributed by atoms with Crippen LogP contribution < -0.4 is 9.47 Å². The van der Waals surface area contributed by atoms with E-state index in [0.29, 0.717) is 35.7 Å². The number of ether oxygens (including phenoxy) is 2. The first-order valence-corrected chi connectivity index (χ1v) is 10.6. The van der Waals surface area contributed by atoms with Crippen molar-refractivity contribution in [1.29, 1.82) is 0 Å². The Bertz CT molecular complexity index is 1010. The zero-order chi connectivity index (χ0) is 23.4. The predicted molar refractivity (Wildman–Crippen MR) is 123 cm³/mol. The number of benzene rings is 2. The summed E-state index contributed by atoms with van der Waals surface area (Å²) in [6.45, 7) is 4.75. The normalized spacial score (nSPS) is 18.0. The highest BCUT2D eigenvalue weighted by molar-refractivity contribution is 6.46. The molecule has 0 aromatic heterocycles. The number of likely N-dealkylation sites (tertiary alicyclic amines) is 1. The van der Waals surface area contributed by atoms with Crippen LogP contribution >= 0.6 is 0 Å². The maximum absolute atomic E-state index is 13.1. The molecule has 1 aliphatic heterocycles. The molecular formula is C25H30N2O5. The lowest BCUT2D eigenvalue weighted by molar-refractivity contribution is -0.140. The molecule has 1 heterocycles. The molecule has 0 bridgehead atoms. The van der Waals surface area contributed by atoms with Crippen LogP contribution in [0.25, 0.3) is 5.76 Å². The van der Waals surface area contributed by atoms with Gasteiger partial charge in [0.1, 0.15) is 17.3 Å². The first-order valence-electron chi connectivity index (χ1n) is 10.6. The van der Waals surface area contributed by atoms with Gasteiger partial charge in [-0.3, -0.25) is 9.59 Å². The molecule has 0 aliphatic carbocycles. The van der Waals surface area contributed by atoms with E-state index < -0.39 is 17.7 Å². The number of nitrogens with zero attached hydrogens (tertiary/aromatic N) is 2. The molecule has 0 saturated carbocycles. The van der Waals surface area contributed by atoms with Crippen LogP contribution in [0.4, 0.5) is 0 Å². The molecule has 0 radical (unpaired) electrons. The zero-order valence-electron chi connectivity index (χ0n) is 19.2. The van der Waals surface area contributed by atoms with Crippen molar-refractivity contribution in [2.75, 3.05) is 34.3 Å². The van der Waals surface area contributed by atoms with E-state index in [1.54, 1.807) is 30.3 Å². The van der Waals surface area contributed by atoms with Crippen LogP contribution in [-0.2, 0) is 9.59 Å². The fraction of sp³-hybridized carbons (Fsp3) is 0.360. The number of carbonyl (C=O) groups is 2. The lowest BCUT2D eigenvalue weighted by Crippen LogP contribution is -2.35. The number of aliphatic hydroxyl groups excluding tert-OH is 1. The third-order valence-electron chi connectivity index (χ3n) is 5.26. The number of carbonyl (C=O) groups excluding carboxylic acids is 2. The summed E-state index contributed by atoms with van der Waals surface area (Å²) in [7, 11) is 5.34. The Hall–Kier alpha value is -3.32. The number of amides is 1. The van der Waals surface area contributed by atoms with Crippen molar-refractivity contribution in [2.45, 2.75) is 26.0 Å². The molecule has 1 aliphatic rings. The Morgan fingerprint density at radius 3 is 2.34 bits per heavy atom. The lowest BCUT2D eigenvalue weighted by Gasteiger charge is -2.27. The van der Waals surface area contributed by atoms with E-state index in [1.165, 1.54) is 12.0 Å². The SMILES string of the molecule is COc1ccccc1[C@H]1C(=C(O)c2ccc(OC(C)C)cc2)C(=O)C(=O)N1CCN(C)C.